The monoisotopic (exact) mass is 285 g/mol. The quantitative estimate of drug-likeness (QED) is 0.743. The molecule has 106 valence electrons. The van der Waals surface area contributed by atoms with E-state index in [9.17, 15) is 9.18 Å². The number of carbonyl (C=O) groups excluding carboxylic acids is 1. The maximum Gasteiger partial charge on any atom is 0.354 e. The molecule has 0 aliphatic heterocycles. The zero-order chi connectivity index (χ0) is 14.8. The van der Waals surface area contributed by atoms with Gasteiger partial charge in [0.1, 0.15) is 23.0 Å². The van der Waals surface area contributed by atoms with Gasteiger partial charge in [-0.2, -0.15) is 0 Å². The molecule has 0 aliphatic rings. The molecule has 3 rings (SSSR count). The molecule has 2 aromatic carbocycles. The number of H-pyrrole nitrogens is 1. The number of ether oxygens (including phenoxy) is 2. The molecule has 0 unspecified atom stereocenters. The summed E-state index contributed by atoms with van der Waals surface area (Å²) in [5.41, 5.74) is 1.14. The van der Waals surface area contributed by atoms with Gasteiger partial charge in [-0.25, -0.2) is 9.18 Å². The Hall–Kier alpha value is -2.82. The number of nitrogens with one attached hydrogen (secondary N) is 1. The summed E-state index contributed by atoms with van der Waals surface area (Å²) in [5, 5.41) is 0.877. The minimum atomic E-state index is -0.424. The van der Waals surface area contributed by atoms with Gasteiger partial charge in [0.15, 0.2) is 0 Å². The topological polar surface area (TPSA) is 51.3 Å². The zero-order valence-corrected chi connectivity index (χ0v) is 11.2. The molecule has 1 aromatic heterocycles. The van der Waals surface area contributed by atoms with Gasteiger partial charge >= 0.3 is 5.97 Å². The Kier molecular flexibility index (Phi) is 3.31. The van der Waals surface area contributed by atoms with Crippen molar-refractivity contribution in [1.29, 1.82) is 0 Å². The summed E-state index contributed by atoms with van der Waals surface area (Å²) >= 11 is 0. The van der Waals surface area contributed by atoms with Gasteiger partial charge in [0.05, 0.1) is 7.11 Å². The normalized spacial score (nSPS) is 10.6. The van der Waals surface area contributed by atoms with Gasteiger partial charge in [0.25, 0.3) is 0 Å². The first-order valence-electron chi connectivity index (χ1n) is 6.30. The molecule has 1 N–H and O–H groups in total. The Labute approximate surface area is 120 Å². The van der Waals surface area contributed by atoms with Crippen LogP contribution in [0.25, 0.3) is 10.9 Å². The first-order chi connectivity index (χ1) is 10.2. The molecule has 0 aliphatic carbocycles. The number of fused-ring (bicyclic) bond motifs is 1. The minimum absolute atomic E-state index is 0.315. The number of benzene rings is 2. The summed E-state index contributed by atoms with van der Waals surface area (Å²) < 4.78 is 23.1. The highest BCUT2D eigenvalue weighted by Crippen LogP contribution is 2.26. The van der Waals surface area contributed by atoms with Crippen LogP contribution in [0.3, 0.4) is 0 Å². The number of halogens is 1. The SMILES string of the molecule is COC(=O)c1cc2ccc(Oc3ccc(F)cc3)cc2[nH]1. The summed E-state index contributed by atoms with van der Waals surface area (Å²) in [4.78, 5) is 14.4. The third-order valence-electron chi connectivity index (χ3n) is 3.05. The van der Waals surface area contributed by atoms with Gasteiger partial charge < -0.3 is 14.5 Å². The van der Waals surface area contributed by atoms with E-state index in [0.717, 1.165) is 10.9 Å². The number of aromatic nitrogens is 1. The van der Waals surface area contributed by atoms with Crippen LogP contribution in [-0.4, -0.2) is 18.1 Å². The number of hydrogen-bond acceptors (Lipinski definition) is 3. The maximum absolute atomic E-state index is 12.8. The van der Waals surface area contributed by atoms with Gasteiger partial charge in [0, 0.05) is 17.0 Å². The van der Waals surface area contributed by atoms with E-state index in [1.807, 2.05) is 6.07 Å². The molecule has 4 nitrogen and oxygen atoms in total. The zero-order valence-electron chi connectivity index (χ0n) is 11.2. The molecule has 1 heterocycles. The lowest BCUT2D eigenvalue weighted by Crippen LogP contribution is -2.00. The van der Waals surface area contributed by atoms with Crippen LogP contribution in [0.2, 0.25) is 0 Å². The van der Waals surface area contributed by atoms with Crippen molar-refractivity contribution in [1.82, 2.24) is 4.98 Å². The second-order valence-electron chi connectivity index (χ2n) is 4.48. The number of hydrogen-bond donors (Lipinski definition) is 1. The van der Waals surface area contributed by atoms with E-state index in [1.165, 1.54) is 19.2 Å². The van der Waals surface area contributed by atoms with Gasteiger partial charge in [-0.15, -0.1) is 0 Å². The van der Waals surface area contributed by atoms with E-state index < -0.39 is 5.97 Å². The van der Waals surface area contributed by atoms with Crippen LogP contribution in [0.5, 0.6) is 11.5 Å². The van der Waals surface area contributed by atoms with Crippen molar-refractivity contribution in [2.75, 3.05) is 7.11 Å². The molecular weight excluding hydrogens is 273 g/mol. The first kappa shape index (κ1) is 13.2. The highest BCUT2D eigenvalue weighted by Gasteiger charge is 2.10. The van der Waals surface area contributed by atoms with Gasteiger partial charge in [-0.05, 0) is 42.5 Å². The Morgan fingerprint density at radius 2 is 1.76 bits per heavy atom. The van der Waals surface area contributed by atoms with E-state index in [-0.39, 0.29) is 5.82 Å². The first-order valence-corrected chi connectivity index (χ1v) is 6.30. The second-order valence-corrected chi connectivity index (χ2v) is 4.48. The van der Waals surface area contributed by atoms with Crippen LogP contribution < -0.4 is 4.74 Å². The molecule has 5 heteroatoms. The largest absolute Gasteiger partial charge is 0.464 e. The summed E-state index contributed by atoms with van der Waals surface area (Å²) in [6.45, 7) is 0. The smallest absolute Gasteiger partial charge is 0.354 e. The van der Waals surface area contributed by atoms with Gasteiger partial charge in [-0.3, -0.25) is 0 Å². The van der Waals surface area contributed by atoms with Gasteiger partial charge in [0.2, 0.25) is 0 Å². The molecular formula is C16H12FNO3. The van der Waals surface area contributed by atoms with Crippen molar-refractivity contribution in [2.45, 2.75) is 0 Å². The Bertz CT molecular complexity index is 793. The fraction of sp³-hybridized carbons (Fsp3) is 0.0625. The molecule has 3 aromatic rings. The minimum Gasteiger partial charge on any atom is -0.464 e. The molecule has 0 saturated carbocycles. The fourth-order valence-corrected chi connectivity index (χ4v) is 2.03. The van der Waals surface area contributed by atoms with Crippen molar-refractivity contribution < 1.29 is 18.7 Å². The van der Waals surface area contributed by atoms with Crippen LogP contribution in [0, 0.1) is 5.82 Å². The molecule has 21 heavy (non-hydrogen) atoms. The van der Waals surface area contributed by atoms with Crippen molar-refractivity contribution in [2.24, 2.45) is 0 Å². The van der Waals surface area contributed by atoms with Gasteiger partial charge in [-0.1, -0.05) is 0 Å². The summed E-state index contributed by atoms with van der Waals surface area (Å²) in [5.74, 6) is 0.389. The molecule has 0 spiro atoms. The highest BCUT2D eigenvalue weighted by molar-refractivity contribution is 5.95. The predicted molar refractivity (Wildman–Crippen MR) is 76.1 cm³/mol. The molecule has 0 bridgehead atoms. The average Bonchev–Trinajstić information content (AvgIpc) is 2.92. The lowest BCUT2D eigenvalue weighted by molar-refractivity contribution is 0.0595. The number of carbonyl (C=O) groups is 1. The van der Waals surface area contributed by atoms with Crippen LogP contribution in [0.15, 0.2) is 48.5 Å². The van der Waals surface area contributed by atoms with Crippen molar-refractivity contribution in [3.63, 3.8) is 0 Å². The van der Waals surface area contributed by atoms with E-state index >= 15 is 0 Å². The fourth-order valence-electron chi connectivity index (χ4n) is 2.03. The lowest BCUT2D eigenvalue weighted by atomic mass is 10.2. The van der Waals surface area contributed by atoms with Crippen LogP contribution >= 0.6 is 0 Å². The second kappa shape index (κ2) is 5.28. The molecule has 0 radical (unpaired) electrons. The lowest BCUT2D eigenvalue weighted by Gasteiger charge is -2.05. The van der Waals surface area contributed by atoms with Crippen LogP contribution in [0.1, 0.15) is 10.5 Å². The van der Waals surface area contributed by atoms with Crippen molar-refractivity contribution in [3.05, 3.63) is 60.0 Å². The third kappa shape index (κ3) is 2.72. The number of rotatable bonds is 3. The van der Waals surface area contributed by atoms with Crippen LogP contribution in [-0.2, 0) is 4.74 Å². The molecule has 0 atom stereocenters. The predicted octanol–water partition coefficient (Wildman–Crippen LogP) is 3.89. The van der Waals surface area contributed by atoms with E-state index in [2.05, 4.69) is 9.72 Å². The molecule has 0 fully saturated rings. The average molecular weight is 285 g/mol. The summed E-state index contributed by atoms with van der Waals surface area (Å²) in [6.07, 6.45) is 0. The van der Waals surface area contributed by atoms with Crippen LogP contribution in [0.4, 0.5) is 4.39 Å². The van der Waals surface area contributed by atoms with E-state index in [4.69, 9.17) is 4.74 Å². The van der Waals surface area contributed by atoms with E-state index in [0.29, 0.717) is 17.2 Å². The Morgan fingerprint density at radius 3 is 2.48 bits per heavy atom. The third-order valence-corrected chi connectivity index (χ3v) is 3.05. The standard InChI is InChI=1S/C16H12FNO3/c1-20-16(19)15-8-10-2-5-13(9-14(10)18-15)21-12-6-3-11(17)4-7-12/h2-9,18H,1H3. The Morgan fingerprint density at radius 1 is 1.05 bits per heavy atom. The summed E-state index contributed by atoms with van der Waals surface area (Å²) in [7, 11) is 1.33. The van der Waals surface area contributed by atoms with E-state index in [1.54, 1.807) is 30.3 Å². The summed E-state index contributed by atoms with van der Waals surface area (Å²) in [6, 6.07) is 12.9. The maximum atomic E-state index is 12.8. The number of aromatic amines is 1. The molecule has 0 saturated heterocycles. The number of methoxy groups -OCH3 is 1. The molecule has 0 amide bonds. The van der Waals surface area contributed by atoms with Crippen molar-refractivity contribution >= 4 is 16.9 Å². The highest BCUT2D eigenvalue weighted by atomic mass is 19.1. The number of esters is 1. The van der Waals surface area contributed by atoms with Crippen molar-refractivity contribution in [3.8, 4) is 11.5 Å². The Balaban J connectivity index is 1.90.